The lowest BCUT2D eigenvalue weighted by atomic mass is 9.79. The third kappa shape index (κ3) is 2.93. The summed E-state index contributed by atoms with van der Waals surface area (Å²) in [6.45, 7) is 7.63. The predicted octanol–water partition coefficient (Wildman–Crippen LogP) is 2.69. The Morgan fingerprint density at radius 3 is 2.73 bits per heavy atom. The molecule has 2 saturated carbocycles. The molecule has 0 radical (unpaired) electrons. The van der Waals surface area contributed by atoms with Crippen molar-refractivity contribution in [3.8, 4) is 0 Å². The van der Waals surface area contributed by atoms with E-state index in [2.05, 4.69) is 36.3 Å². The molecule has 2 amide bonds. The summed E-state index contributed by atoms with van der Waals surface area (Å²) in [6, 6.07) is 0.176. The number of nitrogens with zero attached hydrogens (tertiary/aromatic N) is 2. The SMILES string of the molecule is CC(C)c1cn[nH]c1C(=O)N1CCC(NC(=O)C2CC23CCC3)C(C)C1. The number of carbonyl (C=O) groups is 2. The molecule has 6 nitrogen and oxygen atoms in total. The van der Waals surface area contributed by atoms with E-state index in [4.69, 9.17) is 0 Å². The summed E-state index contributed by atoms with van der Waals surface area (Å²) in [6.07, 6.45) is 7.41. The fourth-order valence-corrected chi connectivity index (χ4v) is 4.79. The van der Waals surface area contributed by atoms with Crippen molar-refractivity contribution >= 4 is 11.8 Å². The van der Waals surface area contributed by atoms with Gasteiger partial charge in [0.25, 0.3) is 5.91 Å². The molecule has 1 aliphatic heterocycles. The first-order chi connectivity index (χ1) is 12.4. The van der Waals surface area contributed by atoms with Crippen LogP contribution in [-0.2, 0) is 4.79 Å². The smallest absolute Gasteiger partial charge is 0.272 e. The molecule has 142 valence electrons. The molecule has 0 bridgehead atoms. The van der Waals surface area contributed by atoms with E-state index in [9.17, 15) is 9.59 Å². The Kier molecular flexibility index (Phi) is 4.32. The summed E-state index contributed by atoms with van der Waals surface area (Å²) in [5.74, 6) is 1.05. The Morgan fingerprint density at radius 2 is 2.15 bits per heavy atom. The number of hydrogen-bond acceptors (Lipinski definition) is 3. The number of rotatable bonds is 4. The van der Waals surface area contributed by atoms with Gasteiger partial charge in [0, 0.05) is 30.6 Å². The van der Waals surface area contributed by atoms with E-state index < -0.39 is 0 Å². The molecule has 3 atom stereocenters. The number of nitrogens with one attached hydrogen (secondary N) is 2. The third-order valence-corrected chi connectivity index (χ3v) is 6.88. The van der Waals surface area contributed by atoms with E-state index >= 15 is 0 Å². The fraction of sp³-hybridized carbons (Fsp3) is 0.750. The zero-order valence-corrected chi connectivity index (χ0v) is 16.0. The highest BCUT2D eigenvalue weighted by atomic mass is 16.2. The standard InChI is InChI=1S/C20H30N4O2/c1-12(2)14-10-21-23-17(14)19(26)24-8-5-16(13(3)11-24)22-18(25)15-9-20(15)6-4-7-20/h10,12-13,15-16H,4-9,11H2,1-3H3,(H,21,23)(H,22,25). The second kappa shape index (κ2) is 6.39. The van der Waals surface area contributed by atoms with Gasteiger partial charge in [-0.1, -0.05) is 27.2 Å². The van der Waals surface area contributed by atoms with Crippen molar-refractivity contribution in [1.29, 1.82) is 0 Å². The molecular formula is C20H30N4O2. The highest BCUT2D eigenvalue weighted by Crippen LogP contribution is 2.65. The Morgan fingerprint density at radius 1 is 1.38 bits per heavy atom. The van der Waals surface area contributed by atoms with Gasteiger partial charge in [-0.3, -0.25) is 14.7 Å². The molecule has 2 heterocycles. The number of amides is 2. The van der Waals surface area contributed by atoms with Crippen LogP contribution >= 0.6 is 0 Å². The van der Waals surface area contributed by atoms with E-state index in [0.29, 0.717) is 24.2 Å². The van der Waals surface area contributed by atoms with Crippen molar-refractivity contribution in [1.82, 2.24) is 20.4 Å². The highest BCUT2D eigenvalue weighted by Gasteiger charge is 2.61. The zero-order chi connectivity index (χ0) is 18.5. The number of likely N-dealkylation sites (tertiary alicyclic amines) is 1. The topological polar surface area (TPSA) is 78.1 Å². The molecule has 26 heavy (non-hydrogen) atoms. The number of aromatic amines is 1. The second-order valence-corrected chi connectivity index (χ2v) is 8.96. The molecule has 2 aliphatic carbocycles. The molecular weight excluding hydrogens is 328 g/mol. The summed E-state index contributed by atoms with van der Waals surface area (Å²) >= 11 is 0. The maximum absolute atomic E-state index is 12.9. The van der Waals surface area contributed by atoms with Crippen LogP contribution in [0.15, 0.2) is 6.20 Å². The number of hydrogen-bond donors (Lipinski definition) is 2. The summed E-state index contributed by atoms with van der Waals surface area (Å²) in [5, 5.41) is 10.2. The summed E-state index contributed by atoms with van der Waals surface area (Å²) < 4.78 is 0. The minimum absolute atomic E-state index is 0.0263. The number of aromatic nitrogens is 2. The van der Waals surface area contributed by atoms with Gasteiger partial charge in [-0.2, -0.15) is 5.10 Å². The zero-order valence-electron chi connectivity index (χ0n) is 16.0. The molecule has 3 fully saturated rings. The molecule has 1 aromatic heterocycles. The average Bonchev–Trinajstić information content (AvgIpc) is 3.17. The molecule has 1 aromatic rings. The van der Waals surface area contributed by atoms with E-state index in [1.807, 2.05) is 4.90 Å². The lowest BCUT2D eigenvalue weighted by Crippen LogP contribution is -2.52. The molecule has 6 heteroatoms. The van der Waals surface area contributed by atoms with Gasteiger partial charge in [0.05, 0.1) is 6.20 Å². The quantitative estimate of drug-likeness (QED) is 0.869. The van der Waals surface area contributed by atoms with Crippen LogP contribution in [0, 0.1) is 17.3 Å². The van der Waals surface area contributed by atoms with Crippen molar-refractivity contribution in [2.24, 2.45) is 17.3 Å². The lowest BCUT2D eigenvalue weighted by molar-refractivity contribution is -0.125. The van der Waals surface area contributed by atoms with Crippen LogP contribution in [0.4, 0.5) is 0 Å². The summed E-state index contributed by atoms with van der Waals surface area (Å²) in [4.78, 5) is 27.3. The first-order valence-electron chi connectivity index (χ1n) is 10.0. The Hall–Kier alpha value is -1.85. The molecule has 3 unspecified atom stereocenters. The maximum atomic E-state index is 12.9. The van der Waals surface area contributed by atoms with Crippen LogP contribution in [0.2, 0.25) is 0 Å². The Labute approximate surface area is 155 Å². The van der Waals surface area contributed by atoms with Gasteiger partial charge in [0.2, 0.25) is 5.91 Å². The summed E-state index contributed by atoms with van der Waals surface area (Å²) in [5.41, 5.74) is 1.95. The Balaban J connectivity index is 1.34. The van der Waals surface area contributed by atoms with Gasteiger partial charge < -0.3 is 10.2 Å². The van der Waals surface area contributed by atoms with E-state index in [1.54, 1.807) is 6.20 Å². The van der Waals surface area contributed by atoms with Gasteiger partial charge in [0.15, 0.2) is 0 Å². The molecule has 4 rings (SSSR count). The van der Waals surface area contributed by atoms with Crippen LogP contribution in [0.3, 0.4) is 0 Å². The predicted molar refractivity (Wildman–Crippen MR) is 98.7 cm³/mol. The van der Waals surface area contributed by atoms with Crippen molar-refractivity contribution in [2.75, 3.05) is 13.1 Å². The summed E-state index contributed by atoms with van der Waals surface area (Å²) in [7, 11) is 0. The largest absolute Gasteiger partial charge is 0.353 e. The maximum Gasteiger partial charge on any atom is 0.272 e. The van der Waals surface area contributed by atoms with Gasteiger partial charge >= 0.3 is 0 Å². The van der Waals surface area contributed by atoms with Crippen molar-refractivity contribution < 1.29 is 9.59 Å². The van der Waals surface area contributed by atoms with Gasteiger partial charge in [-0.05, 0) is 42.9 Å². The van der Waals surface area contributed by atoms with Crippen LogP contribution in [0.1, 0.15) is 74.8 Å². The second-order valence-electron chi connectivity index (χ2n) is 8.96. The fourth-order valence-electron chi connectivity index (χ4n) is 4.79. The average molecular weight is 358 g/mol. The number of carbonyl (C=O) groups excluding carboxylic acids is 2. The molecule has 1 spiro atoms. The molecule has 3 aliphatic rings. The van der Waals surface area contributed by atoms with Crippen LogP contribution in [0.5, 0.6) is 0 Å². The van der Waals surface area contributed by atoms with Crippen molar-refractivity contribution in [3.63, 3.8) is 0 Å². The molecule has 0 aromatic carbocycles. The van der Waals surface area contributed by atoms with Gasteiger partial charge in [-0.25, -0.2) is 0 Å². The van der Waals surface area contributed by atoms with Crippen LogP contribution in [0.25, 0.3) is 0 Å². The van der Waals surface area contributed by atoms with Crippen LogP contribution < -0.4 is 5.32 Å². The highest BCUT2D eigenvalue weighted by molar-refractivity contribution is 5.94. The number of H-pyrrole nitrogens is 1. The first-order valence-corrected chi connectivity index (χ1v) is 10.0. The van der Waals surface area contributed by atoms with E-state index in [0.717, 1.165) is 18.4 Å². The molecule has 2 N–H and O–H groups in total. The monoisotopic (exact) mass is 358 g/mol. The van der Waals surface area contributed by atoms with E-state index in [-0.39, 0.29) is 35.6 Å². The molecule has 1 saturated heterocycles. The number of piperidine rings is 1. The van der Waals surface area contributed by atoms with Gasteiger partial charge in [0.1, 0.15) is 5.69 Å². The lowest BCUT2D eigenvalue weighted by Gasteiger charge is -2.37. The van der Waals surface area contributed by atoms with Crippen molar-refractivity contribution in [2.45, 2.75) is 64.8 Å². The normalized spacial score (nSPS) is 29.5. The third-order valence-electron chi connectivity index (χ3n) is 6.88. The minimum atomic E-state index is 0.0263. The minimum Gasteiger partial charge on any atom is -0.353 e. The van der Waals surface area contributed by atoms with Crippen molar-refractivity contribution in [3.05, 3.63) is 17.5 Å². The Bertz CT molecular complexity index is 706. The van der Waals surface area contributed by atoms with Crippen LogP contribution in [-0.4, -0.2) is 46.0 Å². The van der Waals surface area contributed by atoms with Gasteiger partial charge in [-0.15, -0.1) is 0 Å². The van der Waals surface area contributed by atoms with E-state index in [1.165, 1.54) is 19.3 Å². The first kappa shape index (κ1) is 17.6.